The van der Waals surface area contributed by atoms with Crippen LogP contribution < -0.4 is 4.90 Å². The van der Waals surface area contributed by atoms with Crippen molar-refractivity contribution in [1.82, 2.24) is 19.8 Å². The third-order valence-electron chi connectivity index (χ3n) is 6.15. The Morgan fingerprint density at radius 3 is 2.67 bits per heavy atom. The average molecular weight is 374 g/mol. The number of nitrogens with zero attached hydrogens (tertiary/aromatic N) is 5. The molecule has 27 heavy (non-hydrogen) atoms. The van der Waals surface area contributed by atoms with Crippen LogP contribution in [0.25, 0.3) is 0 Å². The Hall–Kier alpha value is -1.89. The summed E-state index contributed by atoms with van der Waals surface area (Å²) in [5.41, 5.74) is 0.779. The van der Waals surface area contributed by atoms with E-state index in [-0.39, 0.29) is 11.7 Å². The first-order valence-corrected chi connectivity index (χ1v) is 10.3. The minimum absolute atomic E-state index is 0.173. The lowest BCUT2D eigenvalue weighted by Crippen LogP contribution is -2.46. The van der Waals surface area contributed by atoms with Gasteiger partial charge in [-0.3, -0.25) is 4.90 Å². The zero-order valence-corrected chi connectivity index (χ0v) is 16.8. The zero-order chi connectivity index (χ0) is 19.0. The van der Waals surface area contributed by atoms with E-state index in [0.717, 1.165) is 82.2 Å². The van der Waals surface area contributed by atoms with Crippen LogP contribution in [0.4, 0.5) is 10.6 Å². The van der Waals surface area contributed by atoms with Crippen molar-refractivity contribution in [3.63, 3.8) is 0 Å². The summed E-state index contributed by atoms with van der Waals surface area (Å²) < 4.78 is 5.70. The number of hydrogen-bond donors (Lipinski definition) is 0. The van der Waals surface area contributed by atoms with Crippen molar-refractivity contribution >= 4 is 11.9 Å². The number of aryl methyl sites for hydroxylation is 2. The van der Waals surface area contributed by atoms with Gasteiger partial charge in [0.2, 0.25) is 0 Å². The van der Waals surface area contributed by atoms with E-state index in [2.05, 4.69) is 34.7 Å². The van der Waals surface area contributed by atoms with Gasteiger partial charge >= 0.3 is 6.09 Å². The smallest absolute Gasteiger partial charge is 0.410 e. The van der Waals surface area contributed by atoms with Crippen LogP contribution >= 0.6 is 0 Å². The van der Waals surface area contributed by atoms with Crippen LogP contribution in [0.2, 0.25) is 0 Å². The van der Waals surface area contributed by atoms with Gasteiger partial charge < -0.3 is 14.5 Å². The zero-order valence-electron chi connectivity index (χ0n) is 16.8. The third-order valence-corrected chi connectivity index (χ3v) is 6.15. The van der Waals surface area contributed by atoms with Crippen LogP contribution in [0.3, 0.4) is 0 Å². The van der Waals surface area contributed by atoms with Gasteiger partial charge in [0, 0.05) is 63.9 Å². The molecule has 148 valence electrons. The maximum atomic E-state index is 11.8. The minimum atomic E-state index is -0.276. The molecule has 7 nitrogen and oxygen atoms in total. The second-order valence-corrected chi connectivity index (χ2v) is 8.38. The third kappa shape index (κ3) is 3.74. The van der Waals surface area contributed by atoms with Crippen molar-refractivity contribution in [2.75, 3.05) is 44.7 Å². The summed E-state index contributed by atoms with van der Waals surface area (Å²) in [6.45, 7) is 8.90. The largest absolute Gasteiger partial charge is 0.439 e. The predicted octanol–water partition coefficient (Wildman–Crippen LogP) is 2.23. The Balaban J connectivity index is 1.35. The van der Waals surface area contributed by atoms with Crippen molar-refractivity contribution in [1.29, 1.82) is 0 Å². The SMILES string of the molecule is CCCc1nc(C)cc(N2CCC(N3CCC4(CN(C)C(=O)O4)C3)CC2)n1. The summed E-state index contributed by atoms with van der Waals surface area (Å²) in [5.74, 6) is 2.04. The molecular formula is C20H31N5O2. The number of carbonyl (C=O) groups excluding carboxylic acids is 1. The van der Waals surface area contributed by atoms with Gasteiger partial charge in [0.15, 0.2) is 0 Å². The molecule has 0 radical (unpaired) electrons. The number of carbonyl (C=O) groups is 1. The van der Waals surface area contributed by atoms with Crippen LogP contribution in [0.5, 0.6) is 0 Å². The number of aromatic nitrogens is 2. The molecule has 0 aromatic carbocycles. The molecule has 3 fully saturated rings. The first kappa shape index (κ1) is 18.5. The van der Waals surface area contributed by atoms with E-state index in [1.54, 1.807) is 4.90 Å². The number of piperidine rings is 1. The summed E-state index contributed by atoms with van der Waals surface area (Å²) >= 11 is 0. The van der Waals surface area contributed by atoms with Gasteiger partial charge in [0.1, 0.15) is 17.2 Å². The summed E-state index contributed by atoms with van der Waals surface area (Å²) in [4.78, 5) is 27.8. The lowest BCUT2D eigenvalue weighted by Gasteiger charge is -2.37. The van der Waals surface area contributed by atoms with E-state index in [1.807, 2.05) is 7.05 Å². The molecule has 1 amide bonds. The van der Waals surface area contributed by atoms with E-state index in [4.69, 9.17) is 9.72 Å². The Bertz CT molecular complexity index is 704. The molecule has 3 aliphatic heterocycles. The summed E-state index contributed by atoms with van der Waals surface area (Å²) in [7, 11) is 1.83. The maximum absolute atomic E-state index is 11.8. The molecule has 0 bridgehead atoms. The number of likely N-dealkylation sites (tertiary alicyclic amines) is 1. The minimum Gasteiger partial charge on any atom is -0.439 e. The number of amides is 1. The molecule has 7 heteroatoms. The molecule has 4 heterocycles. The number of ether oxygens (including phenoxy) is 1. The van der Waals surface area contributed by atoms with Crippen molar-refractivity contribution in [2.45, 2.75) is 57.6 Å². The fourth-order valence-corrected chi connectivity index (χ4v) is 4.76. The van der Waals surface area contributed by atoms with E-state index >= 15 is 0 Å². The normalized spacial score (nSPS) is 27.0. The number of likely N-dealkylation sites (N-methyl/N-ethyl adjacent to an activating group) is 1. The Morgan fingerprint density at radius 1 is 1.22 bits per heavy atom. The van der Waals surface area contributed by atoms with E-state index < -0.39 is 0 Å². The van der Waals surface area contributed by atoms with Gasteiger partial charge in [-0.2, -0.15) is 0 Å². The van der Waals surface area contributed by atoms with Crippen LogP contribution in [0.1, 0.15) is 44.1 Å². The molecule has 1 aromatic heterocycles. The molecule has 1 unspecified atom stereocenters. The molecule has 3 saturated heterocycles. The highest BCUT2D eigenvalue weighted by Crippen LogP contribution is 2.34. The van der Waals surface area contributed by atoms with Gasteiger partial charge in [-0.05, 0) is 26.2 Å². The van der Waals surface area contributed by atoms with E-state index in [9.17, 15) is 4.79 Å². The highest BCUT2D eigenvalue weighted by molar-refractivity contribution is 5.70. The quantitative estimate of drug-likeness (QED) is 0.807. The lowest BCUT2D eigenvalue weighted by molar-refractivity contribution is 0.0566. The molecule has 1 aromatic rings. The molecule has 4 rings (SSSR count). The van der Waals surface area contributed by atoms with Gasteiger partial charge in [-0.1, -0.05) is 6.92 Å². The highest BCUT2D eigenvalue weighted by atomic mass is 16.6. The van der Waals surface area contributed by atoms with E-state index in [0.29, 0.717) is 6.04 Å². The molecule has 1 spiro atoms. The van der Waals surface area contributed by atoms with Crippen LogP contribution in [-0.2, 0) is 11.2 Å². The standard InChI is InChI=1S/C20H31N5O2/c1-4-5-17-21-15(2)12-18(22-17)24-9-6-16(7-10-24)25-11-8-20(14-25)13-23(3)19(26)27-20/h12,16H,4-11,13-14H2,1-3H3. The van der Waals surface area contributed by atoms with Crippen LogP contribution in [0.15, 0.2) is 6.07 Å². The Kier molecular flexibility index (Phi) is 4.97. The molecular weight excluding hydrogens is 342 g/mol. The van der Waals surface area contributed by atoms with Gasteiger partial charge in [0.05, 0.1) is 6.54 Å². The van der Waals surface area contributed by atoms with Crippen molar-refractivity contribution < 1.29 is 9.53 Å². The maximum Gasteiger partial charge on any atom is 0.410 e. The van der Waals surface area contributed by atoms with Crippen molar-refractivity contribution in [2.24, 2.45) is 0 Å². The van der Waals surface area contributed by atoms with Gasteiger partial charge in [0.25, 0.3) is 0 Å². The van der Waals surface area contributed by atoms with Crippen molar-refractivity contribution in [3.8, 4) is 0 Å². The summed E-state index contributed by atoms with van der Waals surface area (Å²) in [6.07, 6.45) is 5.05. The fraction of sp³-hybridized carbons (Fsp3) is 0.750. The molecule has 0 N–H and O–H groups in total. The predicted molar refractivity (Wildman–Crippen MR) is 104 cm³/mol. The molecule has 0 aliphatic carbocycles. The average Bonchev–Trinajstić information content (AvgIpc) is 3.17. The molecule has 0 saturated carbocycles. The number of hydrogen-bond acceptors (Lipinski definition) is 6. The fourth-order valence-electron chi connectivity index (χ4n) is 4.76. The topological polar surface area (TPSA) is 61.8 Å². The Morgan fingerprint density at radius 2 is 2.00 bits per heavy atom. The summed E-state index contributed by atoms with van der Waals surface area (Å²) in [5, 5.41) is 0. The molecule has 1 atom stereocenters. The van der Waals surface area contributed by atoms with Crippen molar-refractivity contribution in [3.05, 3.63) is 17.6 Å². The summed E-state index contributed by atoms with van der Waals surface area (Å²) in [6, 6.07) is 2.68. The first-order chi connectivity index (χ1) is 13.0. The second-order valence-electron chi connectivity index (χ2n) is 8.38. The van der Waals surface area contributed by atoms with Gasteiger partial charge in [-0.25, -0.2) is 14.8 Å². The van der Waals surface area contributed by atoms with Gasteiger partial charge in [-0.15, -0.1) is 0 Å². The number of anilines is 1. The Labute approximate surface area is 161 Å². The van der Waals surface area contributed by atoms with E-state index in [1.165, 1.54) is 0 Å². The van der Waals surface area contributed by atoms with Crippen LogP contribution in [0, 0.1) is 6.92 Å². The van der Waals surface area contributed by atoms with Crippen LogP contribution in [-0.4, -0.2) is 77.3 Å². The highest BCUT2D eigenvalue weighted by Gasteiger charge is 2.49. The lowest BCUT2D eigenvalue weighted by atomic mass is 10.0. The second kappa shape index (κ2) is 7.26. The number of rotatable bonds is 4. The monoisotopic (exact) mass is 373 g/mol. The first-order valence-electron chi connectivity index (χ1n) is 10.3. The molecule has 3 aliphatic rings.